The normalized spacial score (nSPS) is 12.1. The summed E-state index contributed by atoms with van der Waals surface area (Å²) in [6, 6.07) is 10.9. The van der Waals surface area contributed by atoms with Crippen LogP contribution in [0.1, 0.15) is 5.56 Å². The van der Waals surface area contributed by atoms with E-state index in [4.69, 9.17) is 4.74 Å². The van der Waals surface area contributed by atoms with E-state index >= 15 is 0 Å². The van der Waals surface area contributed by atoms with E-state index in [0.717, 1.165) is 10.5 Å². The molecule has 4 heteroatoms. The predicted molar refractivity (Wildman–Crippen MR) is 66.6 cm³/mol. The minimum Gasteiger partial charge on any atom is -0.497 e. The van der Waals surface area contributed by atoms with Gasteiger partial charge in [-0.05, 0) is 36.8 Å². The molecule has 0 spiro atoms. The van der Waals surface area contributed by atoms with Gasteiger partial charge in [-0.15, -0.1) is 0 Å². The van der Waals surface area contributed by atoms with Crippen LogP contribution in [0.3, 0.4) is 0 Å². The smallest absolute Gasteiger partial charge is 0.132 e. The SMILES string of the molecule is COc1ccc(C)c(S(=O)c2ccccn2)c1. The number of methoxy groups -OCH3 is 1. The Morgan fingerprint density at radius 3 is 2.71 bits per heavy atom. The number of benzene rings is 1. The Balaban J connectivity index is 2.44. The maximum atomic E-state index is 12.3. The molecule has 0 saturated carbocycles. The molecule has 0 bridgehead atoms. The number of ether oxygens (including phenoxy) is 1. The molecule has 0 fully saturated rings. The van der Waals surface area contributed by atoms with Gasteiger partial charge < -0.3 is 4.74 Å². The number of pyridine rings is 1. The summed E-state index contributed by atoms with van der Waals surface area (Å²) in [6.07, 6.45) is 1.64. The maximum Gasteiger partial charge on any atom is 0.132 e. The first-order valence-electron chi connectivity index (χ1n) is 5.20. The fourth-order valence-corrected chi connectivity index (χ4v) is 2.64. The van der Waals surface area contributed by atoms with Crippen LogP contribution in [0.15, 0.2) is 52.5 Å². The van der Waals surface area contributed by atoms with Gasteiger partial charge in [0.1, 0.15) is 21.6 Å². The maximum absolute atomic E-state index is 12.3. The van der Waals surface area contributed by atoms with Crippen molar-refractivity contribution >= 4 is 10.8 Å². The summed E-state index contributed by atoms with van der Waals surface area (Å²) in [6.45, 7) is 1.93. The molecule has 0 radical (unpaired) electrons. The van der Waals surface area contributed by atoms with Gasteiger partial charge in [0.2, 0.25) is 0 Å². The van der Waals surface area contributed by atoms with Gasteiger partial charge in [0.25, 0.3) is 0 Å². The second-order valence-electron chi connectivity index (χ2n) is 3.57. The fraction of sp³-hybridized carbons (Fsp3) is 0.154. The van der Waals surface area contributed by atoms with Crippen molar-refractivity contribution in [3.05, 3.63) is 48.2 Å². The first-order chi connectivity index (χ1) is 8.22. The molecule has 2 aromatic rings. The van der Waals surface area contributed by atoms with Crippen molar-refractivity contribution in [2.24, 2.45) is 0 Å². The van der Waals surface area contributed by atoms with Crippen LogP contribution < -0.4 is 4.74 Å². The monoisotopic (exact) mass is 247 g/mol. The Labute approximate surface area is 103 Å². The van der Waals surface area contributed by atoms with Crippen molar-refractivity contribution in [2.45, 2.75) is 16.8 Å². The molecule has 88 valence electrons. The third-order valence-electron chi connectivity index (χ3n) is 2.42. The van der Waals surface area contributed by atoms with E-state index in [-0.39, 0.29) is 0 Å². The summed E-state index contributed by atoms with van der Waals surface area (Å²) < 4.78 is 17.5. The summed E-state index contributed by atoms with van der Waals surface area (Å²) >= 11 is 0. The molecule has 0 saturated heterocycles. The Kier molecular flexibility index (Phi) is 3.54. The molecule has 1 heterocycles. The van der Waals surface area contributed by atoms with Crippen molar-refractivity contribution in [2.75, 3.05) is 7.11 Å². The Morgan fingerprint density at radius 1 is 1.24 bits per heavy atom. The summed E-state index contributed by atoms with van der Waals surface area (Å²) in [5.74, 6) is 0.704. The molecule has 1 aromatic carbocycles. The van der Waals surface area contributed by atoms with Crippen LogP contribution in [0, 0.1) is 6.92 Å². The highest BCUT2D eigenvalue weighted by molar-refractivity contribution is 7.85. The zero-order valence-electron chi connectivity index (χ0n) is 9.71. The van der Waals surface area contributed by atoms with Crippen LogP contribution in [0.5, 0.6) is 5.75 Å². The van der Waals surface area contributed by atoms with E-state index < -0.39 is 10.8 Å². The molecule has 1 aromatic heterocycles. The van der Waals surface area contributed by atoms with Crippen LogP contribution in [0.4, 0.5) is 0 Å². The van der Waals surface area contributed by atoms with E-state index in [1.54, 1.807) is 31.5 Å². The molecule has 0 aliphatic rings. The quantitative estimate of drug-likeness (QED) is 0.836. The highest BCUT2D eigenvalue weighted by Crippen LogP contribution is 2.23. The summed E-state index contributed by atoms with van der Waals surface area (Å²) in [5, 5.41) is 0.559. The summed E-state index contributed by atoms with van der Waals surface area (Å²) in [7, 11) is 0.334. The molecule has 1 unspecified atom stereocenters. The topological polar surface area (TPSA) is 39.2 Å². The number of aryl methyl sites for hydroxylation is 1. The zero-order valence-corrected chi connectivity index (χ0v) is 10.5. The molecule has 17 heavy (non-hydrogen) atoms. The number of nitrogens with zero attached hydrogens (tertiary/aromatic N) is 1. The molecular formula is C13H13NO2S. The van der Waals surface area contributed by atoms with E-state index in [1.165, 1.54) is 0 Å². The molecule has 1 atom stereocenters. The Morgan fingerprint density at radius 2 is 2.06 bits per heavy atom. The third kappa shape index (κ3) is 2.53. The Hall–Kier alpha value is -1.68. The summed E-state index contributed by atoms with van der Waals surface area (Å²) in [5.41, 5.74) is 0.967. The van der Waals surface area contributed by atoms with Gasteiger partial charge in [-0.25, -0.2) is 9.19 Å². The van der Waals surface area contributed by atoms with E-state index in [9.17, 15) is 4.21 Å². The molecule has 2 rings (SSSR count). The van der Waals surface area contributed by atoms with Crippen molar-refractivity contribution in [3.63, 3.8) is 0 Å². The van der Waals surface area contributed by atoms with Gasteiger partial charge in [-0.3, -0.25) is 0 Å². The average molecular weight is 247 g/mol. The minimum atomic E-state index is -1.26. The minimum absolute atomic E-state index is 0.559. The molecule has 0 amide bonds. The van der Waals surface area contributed by atoms with E-state index in [0.29, 0.717) is 10.8 Å². The second kappa shape index (κ2) is 5.10. The van der Waals surface area contributed by atoms with Crippen LogP contribution in [0.2, 0.25) is 0 Å². The lowest BCUT2D eigenvalue weighted by atomic mass is 10.2. The predicted octanol–water partition coefficient (Wildman–Crippen LogP) is 2.57. The summed E-state index contributed by atoms with van der Waals surface area (Å²) in [4.78, 5) is 4.85. The molecule has 0 N–H and O–H groups in total. The van der Waals surface area contributed by atoms with E-state index in [1.807, 2.05) is 25.1 Å². The Bertz CT molecular complexity index is 540. The van der Waals surface area contributed by atoms with Crippen molar-refractivity contribution in [3.8, 4) is 5.75 Å². The molecule has 0 aliphatic carbocycles. The number of aromatic nitrogens is 1. The van der Waals surface area contributed by atoms with Crippen molar-refractivity contribution < 1.29 is 8.95 Å². The fourth-order valence-electron chi connectivity index (χ4n) is 1.48. The van der Waals surface area contributed by atoms with Crippen LogP contribution in [0.25, 0.3) is 0 Å². The molecular weight excluding hydrogens is 234 g/mol. The van der Waals surface area contributed by atoms with E-state index in [2.05, 4.69) is 4.98 Å². The lowest BCUT2D eigenvalue weighted by Gasteiger charge is -2.07. The van der Waals surface area contributed by atoms with Crippen molar-refractivity contribution in [1.82, 2.24) is 4.98 Å². The van der Waals surface area contributed by atoms with Gasteiger partial charge in [-0.1, -0.05) is 12.1 Å². The van der Waals surface area contributed by atoms with Gasteiger partial charge in [0, 0.05) is 6.20 Å². The number of rotatable bonds is 3. The first kappa shape index (κ1) is 11.8. The van der Waals surface area contributed by atoms with Gasteiger partial charge >= 0.3 is 0 Å². The van der Waals surface area contributed by atoms with Gasteiger partial charge in [0.15, 0.2) is 0 Å². The third-order valence-corrected chi connectivity index (χ3v) is 3.88. The lowest BCUT2D eigenvalue weighted by molar-refractivity contribution is 0.413. The largest absolute Gasteiger partial charge is 0.497 e. The van der Waals surface area contributed by atoms with Crippen LogP contribution >= 0.6 is 0 Å². The highest BCUT2D eigenvalue weighted by Gasteiger charge is 2.11. The van der Waals surface area contributed by atoms with Crippen LogP contribution in [-0.4, -0.2) is 16.3 Å². The number of hydrogen-bond acceptors (Lipinski definition) is 3. The molecule has 0 aliphatic heterocycles. The zero-order chi connectivity index (χ0) is 12.3. The number of hydrogen-bond donors (Lipinski definition) is 0. The molecule has 3 nitrogen and oxygen atoms in total. The second-order valence-corrected chi connectivity index (χ2v) is 4.96. The first-order valence-corrected chi connectivity index (χ1v) is 6.35. The van der Waals surface area contributed by atoms with Crippen LogP contribution in [-0.2, 0) is 10.8 Å². The average Bonchev–Trinajstić information content (AvgIpc) is 2.39. The highest BCUT2D eigenvalue weighted by atomic mass is 32.2. The lowest BCUT2D eigenvalue weighted by Crippen LogP contribution is -1.98. The van der Waals surface area contributed by atoms with Gasteiger partial charge in [0.05, 0.1) is 12.0 Å². The van der Waals surface area contributed by atoms with Crippen molar-refractivity contribution in [1.29, 1.82) is 0 Å². The standard InChI is InChI=1S/C13H13NO2S/c1-10-6-7-11(16-2)9-12(10)17(15)13-5-3-4-8-14-13/h3-9H,1-2H3. The van der Waals surface area contributed by atoms with Gasteiger partial charge in [-0.2, -0.15) is 0 Å².